The molecular formula is C60H99N2O6P. The summed E-state index contributed by atoms with van der Waals surface area (Å²) in [6, 6.07) is -0.913. The fourth-order valence-electron chi connectivity index (χ4n) is 6.62. The van der Waals surface area contributed by atoms with E-state index in [0.717, 1.165) is 109 Å². The van der Waals surface area contributed by atoms with Gasteiger partial charge in [-0.05, 0) is 103 Å². The van der Waals surface area contributed by atoms with Crippen LogP contribution in [-0.2, 0) is 18.4 Å². The van der Waals surface area contributed by atoms with Gasteiger partial charge in [0.25, 0.3) is 7.82 Å². The summed E-state index contributed by atoms with van der Waals surface area (Å²) in [5.74, 6) is -0.239. The van der Waals surface area contributed by atoms with Crippen LogP contribution in [0.1, 0.15) is 174 Å². The van der Waals surface area contributed by atoms with Crippen molar-refractivity contribution in [2.24, 2.45) is 0 Å². The van der Waals surface area contributed by atoms with Crippen LogP contribution in [0.5, 0.6) is 0 Å². The van der Waals surface area contributed by atoms with Gasteiger partial charge in [-0.3, -0.25) is 9.36 Å². The van der Waals surface area contributed by atoms with Crippen LogP contribution < -0.4 is 10.2 Å². The summed E-state index contributed by atoms with van der Waals surface area (Å²) in [7, 11) is 1.21. The number of hydrogen-bond acceptors (Lipinski definition) is 6. The summed E-state index contributed by atoms with van der Waals surface area (Å²) < 4.78 is 23.2. The number of aliphatic hydroxyl groups is 1. The van der Waals surface area contributed by atoms with Crippen molar-refractivity contribution >= 4 is 13.7 Å². The molecule has 0 aromatic rings. The van der Waals surface area contributed by atoms with Gasteiger partial charge in [-0.25, -0.2) is 0 Å². The number of hydrogen-bond donors (Lipinski definition) is 2. The molecule has 1 amide bonds. The van der Waals surface area contributed by atoms with Gasteiger partial charge >= 0.3 is 0 Å². The quantitative estimate of drug-likeness (QED) is 0.0272. The number of carbonyl (C=O) groups is 1. The van der Waals surface area contributed by atoms with Crippen LogP contribution in [0.2, 0.25) is 0 Å². The molecule has 0 aliphatic carbocycles. The highest BCUT2D eigenvalue weighted by Crippen LogP contribution is 2.38. The van der Waals surface area contributed by atoms with Crippen molar-refractivity contribution in [3.8, 4) is 0 Å². The van der Waals surface area contributed by atoms with Crippen molar-refractivity contribution in [1.29, 1.82) is 0 Å². The van der Waals surface area contributed by atoms with E-state index in [0.29, 0.717) is 23.9 Å². The van der Waals surface area contributed by atoms with Crippen molar-refractivity contribution in [3.05, 3.63) is 146 Å². The molecule has 3 unspecified atom stereocenters. The molecule has 2 N–H and O–H groups in total. The molecule has 0 aromatic heterocycles. The van der Waals surface area contributed by atoms with E-state index >= 15 is 0 Å². The molecule has 0 aliphatic rings. The minimum absolute atomic E-state index is 0.0162. The van der Waals surface area contributed by atoms with Gasteiger partial charge in [0.1, 0.15) is 13.2 Å². The van der Waals surface area contributed by atoms with Gasteiger partial charge in [0.2, 0.25) is 5.91 Å². The number of amides is 1. The third-order valence-electron chi connectivity index (χ3n) is 10.8. The fraction of sp³-hybridized carbons (Fsp3) is 0.583. The SMILES string of the molecule is CC/C=C\C/C=C\C/C=C\C/C=C\C/C=C\C/C=C\C/C=C\C/C=C\C/C=C\C/C=C\C/C=C\CCCCCC(=O)NC(COP(=O)([O-])OCC[N+](C)(C)C)C(O)/C=C/CCCCCCCCCC. The van der Waals surface area contributed by atoms with E-state index in [1.54, 1.807) is 6.08 Å². The molecular weight excluding hydrogens is 876 g/mol. The first kappa shape index (κ1) is 65.4. The zero-order valence-electron chi connectivity index (χ0n) is 44.2. The molecule has 0 fully saturated rings. The maximum absolute atomic E-state index is 12.9. The highest BCUT2D eigenvalue weighted by atomic mass is 31.2. The number of phosphoric ester groups is 1. The average molecular weight is 975 g/mol. The molecule has 390 valence electrons. The van der Waals surface area contributed by atoms with Crippen LogP contribution in [0.25, 0.3) is 0 Å². The van der Waals surface area contributed by atoms with E-state index in [-0.39, 0.29) is 12.5 Å². The van der Waals surface area contributed by atoms with Crippen molar-refractivity contribution < 1.29 is 32.9 Å². The zero-order chi connectivity index (χ0) is 50.6. The van der Waals surface area contributed by atoms with Crippen molar-refractivity contribution in [2.45, 2.75) is 187 Å². The Kier molecular flexibility index (Phi) is 46.8. The molecule has 0 spiro atoms. The van der Waals surface area contributed by atoms with Crippen LogP contribution in [0.15, 0.2) is 146 Å². The Morgan fingerprint density at radius 2 is 0.884 bits per heavy atom. The summed E-state index contributed by atoms with van der Waals surface area (Å²) in [5.41, 5.74) is 0. The molecule has 0 bridgehead atoms. The Morgan fingerprint density at radius 1 is 0.522 bits per heavy atom. The maximum Gasteiger partial charge on any atom is 0.268 e. The van der Waals surface area contributed by atoms with E-state index < -0.39 is 26.6 Å². The standard InChI is InChI=1S/C60H99N2O6P/c1-6-8-10-12-14-16-18-19-20-21-22-23-24-25-26-27-28-29-30-31-32-33-34-35-36-37-38-39-40-41-42-43-44-46-48-50-52-54-60(64)61-58(57-68-69(65,66)67-56-55-62(3,4)5)59(63)53-51-49-47-45-17-15-13-11-9-7-2/h8,10,14,16,19-20,22-23,25-26,28-29,31-32,34-35,37-38,40-41,43-44,51,53,58-59,63H,6-7,9,11-13,15,17-18,21,24,27,30,33,36,39,42,45-50,52,54-57H2,1-5H3,(H-,61,64,65,66)/b10-8-,16-14-,20-19-,23-22-,26-25-,29-28-,32-31-,35-34-,38-37-,41-40-,44-43-,53-51+. The normalized spacial score (nSPS) is 15.2. The maximum atomic E-state index is 12.9. The highest BCUT2D eigenvalue weighted by molar-refractivity contribution is 7.45. The third kappa shape index (κ3) is 52.0. The molecule has 9 heteroatoms. The monoisotopic (exact) mass is 975 g/mol. The zero-order valence-corrected chi connectivity index (χ0v) is 45.1. The second-order valence-corrected chi connectivity index (χ2v) is 19.9. The van der Waals surface area contributed by atoms with E-state index in [4.69, 9.17) is 9.05 Å². The van der Waals surface area contributed by atoms with Gasteiger partial charge in [-0.1, -0.05) is 211 Å². The predicted molar refractivity (Wildman–Crippen MR) is 297 cm³/mol. The van der Waals surface area contributed by atoms with Crippen LogP contribution in [0, 0.1) is 0 Å². The Morgan fingerprint density at radius 3 is 1.29 bits per heavy atom. The molecule has 0 heterocycles. The number of allylic oxidation sites excluding steroid dienone is 23. The Labute approximate surface area is 423 Å². The summed E-state index contributed by atoms with van der Waals surface area (Å²) >= 11 is 0. The van der Waals surface area contributed by atoms with Crippen molar-refractivity contribution in [1.82, 2.24) is 5.32 Å². The van der Waals surface area contributed by atoms with Crippen molar-refractivity contribution in [3.63, 3.8) is 0 Å². The van der Waals surface area contributed by atoms with E-state index in [1.165, 1.54) is 38.5 Å². The number of quaternary nitrogens is 1. The van der Waals surface area contributed by atoms with Crippen LogP contribution in [-0.4, -0.2) is 68.5 Å². The third-order valence-corrected chi connectivity index (χ3v) is 11.8. The van der Waals surface area contributed by atoms with Gasteiger partial charge in [0.05, 0.1) is 39.9 Å². The average Bonchev–Trinajstić information content (AvgIpc) is 3.31. The first-order valence-electron chi connectivity index (χ1n) is 26.7. The van der Waals surface area contributed by atoms with Gasteiger partial charge in [0, 0.05) is 6.42 Å². The molecule has 69 heavy (non-hydrogen) atoms. The lowest BCUT2D eigenvalue weighted by Crippen LogP contribution is -2.45. The lowest BCUT2D eigenvalue weighted by molar-refractivity contribution is -0.870. The summed E-state index contributed by atoms with van der Waals surface area (Å²) in [6.45, 7) is 4.45. The first-order valence-corrected chi connectivity index (χ1v) is 28.2. The largest absolute Gasteiger partial charge is 0.756 e. The molecule has 0 saturated heterocycles. The molecule has 0 radical (unpaired) electrons. The Bertz CT molecular complexity index is 1620. The molecule has 3 atom stereocenters. The van der Waals surface area contributed by atoms with Gasteiger partial charge < -0.3 is 28.8 Å². The number of aliphatic hydroxyl groups excluding tert-OH is 1. The highest BCUT2D eigenvalue weighted by Gasteiger charge is 2.23. The van der Waals surface area contributed by atoms with Gasteiger partial charge in [-0.2, -0.15) is 0 Å². The number of unbranched alkanes of at least 4 members (excludes halogenated alkanes) is 11. The lowest BCUT2D eigenvalue weighted by Gasteiger charge is -2.29. The van der Waals surface area contributed by atoms with Gasteiger partial charge in [-0.15, -0.1) is 0 Å². The molecule has 0 aliphatic heterocycles. The number of rotatable bonds is 46. The van der Waals surface area contributed by atoms with Gasteiger partial charge in [0.15, 0.2) is 0 Å². The number of nitrogens with zero attached hydrogens (tertiary/aromatic N) is 1. The summed E-state index contributed by atoms with van der Waals surface area (Å²) in [4.78, 5) is 25.3. The Balaban J connectivity index is 4.23. The first-order chi connectivity index (χ1) is 33.5. The fourth-order valence-corrected chi connectivity index (χ4v) is 7.35. The van der Waals surface area contributed by atoms with E-state index in [2.05, 4.69) is 153 Å². The molecule has 0 aromatic carbocycles. The van der Waals surface area contributed by atoms with E-state index in [1.807, 2.05) is 27.2 Å². The number of nitrogens with one attached hydrogen (secondary N) is 1. The summed E-state index contributed by atoms with van der Waals surface area (Å²) in [5, 5.41) is 13.7. The van der Waals surface area contributed by atoms with Crippen LogP contribution in [0.4, 0.5) is 0 Å². The lowest BCUT2D eigenvalue weighted by atomic mass is 10.1. The van der Waals surface area contributed by atoms with E-state index in [9.17, 15) is 19.4 Å². The topological polar surface area (TPSA) is 108 Å². The molecule has 8 nitrogen and oxygen atoms in total. The second kappa shape index (κ2) is 49.4. The minimum Gasteiger partial charge on any atom is -0.756 e. The minimum atomic E-state index is -4.61. The molecule has 0 rings (SSSR count). The molecule has 0 saturated carbocycles. The van der Waals surface area contributed by atoms with Crippen LogP contribution in [0.3, 0.4) is 0 Å². The second-order valence-electron chi connectivity index (χ2n) is 18.5. The number of carbonyl (C=O) groups excluding carboxylic acids is 1. The predicted octanol–water partition coefficient (Wildman–Crippen LogP) is 15.5. The Hall–Kier alpha value is -3.62. The van der Waals surface area contributed by atoms with Crippen molar-refractivity contribution in [2.75, 3.05) is 40.9 Å². The number of phosphoric acid groups is 1. The van der Waals surface area contributed by atoms with Crippen LogP contribution >= 0.6 is 7.82 Å². The smallest absolute Gasteiger partial charge is 0.268 e. The number of likely N-dealkylation sites (N-methyl/N-ethyl adjacent to an activating group) is 1. The summed E-state index contributed by atoms with van der Waals surface area (Å²) in [6.07, 6.45) is 76.4.